The first kappa shape index (κ1) is 8.76. The molecule has 12 heavy (non-hydrogen) atoms. The van der Waals surface area contributed by atoms with Crippen LogP contribution in [0.1, 0.15) is 51.4 Å². The Hall–Kier alpha value is 0.177. The lowest BCUT2D eigenvalue weighted by molar-refractivity contribution is 0.511. The molecule has 0 spiro atoms. The average molecular weight is 184 g/mol. The van der Waals surface area contributed by atoms with E-state index >= 15 is 0 Å². The molecule has 0 saturated heterocycles. The molecular formula is C10H20OSi. The normalized spacial score (nSPS) is 27.5. The molecule has 2 rings (SSSR count). The van der Waals surface area contributed by atoms with Gasteiger partial charge in [0.25, 0.3) is 0 Å². The average Bonchev–Trinajstić information content (AvgIpc) is 2.77. The number of rotatable bonds is 2. The molecule has 1 N–H and O–H groups in total. The summed E-state index contributed by atoms with van der Waals surface area (Å²) < 4.78 is 0. The molecule has 0 aromatic rings. The van der Waals surface area contributed by atoms with Crippen LogP contribution in [0, 0.1) is 0 Å². The molecule has 2 aliphatic carbocycles. The van der Waals surface area contributed by atoms with Crippen molar-refractivity contribution < 1.29 is 4.80 Å². The summed E-state index contributed by atoms with van der Waals surface area (Å²) in [5.74, 6) is 0. The maximum atomic E-state index is 10.2. The maximum Gasteiger partial charge on any atom is 0.178 e. The van der Waals surface area contributed by atoms with Crippen LogP contribution in [0.3, 0.4) is 0 Å². The highest BCUT2D eigenvalue weighted by atomic mass is 28.3. The minimum atomic E-state index is -1.31. The van der Waals surface area contributed by atoms with Crippen molar-refractivity contribution in [2.24, 2.45) is 0 Å². The zero-order chi connectivity index (χ0) is 8.39. The highest BCUT2D eigenvalue weighted by Gasteiger charge is 2.33. The second kappa shape index (κ2) is 3.92. The zero-order valence-corrected chi connectivity index (χ0v) is 8.99. The van der Waals surface area contributed by atoms with Crippen LogP contribution in [0.15, 0.2) is 0 Å². The van der Waals surface area contributed by atoms with Gasteiger partial charge in [-0.1, -0.05) is 51.4 Å². The second-order valence-corrected chi connectivity index (χ2v) is 7.45. The third kappa shape index (κ3) is 1.74. The van der Waals surface area contributed by atoms with E-state index in [1.54, 1.807) is 0 Å². The van der Waals surface area contributed by atoms with Gasteiger partial charge in [0.1, 0.15) is 0 Å². The Labute approximate surface area is 76.9 Å². The van der Waals surface area contributed by atoms with E-state index in [9.17, 15) is 4.80 Å². The molecule has 0 bridgehead atoms. The van der Waals surface area contributed by atoms with Crippen LogP contribution in [0.4, 0.5) is 0 Å². The maximum absolute atomic E-state index is 10.2. The lowest BCUT2D eigenvalue weighted by atomic mass is 10.3. The van der Waals surface area contributed by atoms with E-state index in [0.29, 0.717) is 0 Å². The molecule has 2 fully saturated rings. The van der Waals surface area contributed by atoms with Crippen LogP contribution in [0.25, 0.3) is 0 Å². The first-order valence-corrected chi connectivity index (χ1v) is 7.41. The molecule has 0 unspecified atom stereocenters. The molecule has 0 atom stereocenters. The highest BCUT2D eigenvalue weighted by Crippen LogP contribution is 2.41. The summed E-state index contributed by atoms with van der Waals surface area (Å²) in [6.07, 6.45) is 11.0. The van der Waals surface area contributed by atoms with Crippen molar-refractivity contribution in [1.82, 2.24) is 0 Å². The van der Waals surface area contributed by atoms with Crippen LogP contribution in [-0.2, 0) is 0 Å². The van der Waals surface area contributed by atoms with E-state index < -0.39 is 9.04 Å². The minimum Gasteiger partial charge on any atom is -0.434 e. The van der Waals surface area contributed by atoms with Gasteiger partial charge in [-0.3, -0.25) is 0 Å². The Bertz CT molecular complexity index is 121. The van der Waals surface area contributed by atoms with Gasteiger partial charge in [-0.15, -0.1) is 0 Å². The lowest BCUT2D eigenvalue weighted by Gasteiger charge is -2.21. The molecule has 0 heterocycles. The van der Waals surface area contributed by atoms with Gasteiger partial charge in [-0.2, -0.15) is 0 Å². The standard InChI is InChI=1S/C10H20OSi/c11-12(9-5-1-2-6-9)10-7-3-4-8-10/h9-12H,1-8H2. The van der Waals surface area contributed by atoms with Crippen molar-refractivity contribution in [2.45, 2.75) is 62.4 Å². The molecule has 70 valence electrons. The first-order chi connectivity index (χ1) is 5.88. The Balaban J connectivity index is 1.84. The SMILES string of the molecule is O[SiH](C1CCCC1)C1CCCC1. The fourth-order valence-electron chi connectivity index (χ4n) is 2.98. The van der Waals surface area contributed by atoms with Crippen molar-refractivity contribution in [2.75, 3.05) is 0 Å². The minimum absolute atomic E-state index is 0.799. The van der Waals surface area contributed by atoms with Gasteiger partial charge in [-0.25, -0.2) is 0 Å². The monoisotopic (exact) mass is 184 g/mol. The van der Waals surface area contributed by atoms with Crippen LogP contribution < -0.4 is 0 Å². The van der Waals surface area contributed by atoms with E-state index in [4.69, 9.17) is 0 Å². The molecule has 0 aliphatic heterocycles. The summed E-state index contributed by atoms with van der Waals surface area (Å²) in [5.41, 5.74) is 1.60. The van der Waals surface area contributed by atoms with Gasteiger partial charge in [0.05, 0.1) is 0 Å². The fourth-order valence-corrected chi connectivity index (χ4v) is 6.06. The van der Waals surface area contributed by atoms with Crippen LogP contribution in [0.2, 0.25) is 11.1 Å². The summed E-state index contributed by atoms with van der Waals surface area (Å²) >= 11 is 0. The predicted molar refractivity (Wildman–Crippen MR) is 53.8 cm³/mol. The van der Waals surface area contributed by atoms with Gasteiger partial charge >= 0.3 is 0 Å². The summed E-state index contributed by atoms with van der Waals surface area (Å²) in [7, 11) is -1.31. The van der Waals surface area contributed by atoms with Crippen molar-refractivity contribution in [3.63, 3.8) is 0 Å². The van der Waals surface area contributed by atoms with E-state index in [0.717, 1.165) is 11.1 Å². The van der Waals surface area contributed by atoms with E-state index in [1.165, 1.54) is 51.4 Å². The molecule has 2 saturated carbocycles. The van der Waals surface area contributed by atoms with E-state index in [-0.39, 0.29) is 0 Å². The van der Waals surface area contributed by atoms with Crippen molar-refractivity contribution in [3.8, 4) is 0 Å². The van der Waals surface area contributed by atoms with E-state index in [1.807, 2.05) is 0 Å². The number of hydrogen-bond acceptors (Lipinski definition) is 1. The van der Waals surface area contributed by atoms with Gasteiger partial charge in [0, 0.05) is 0 Å². The Morgan fingerprint density at radius 1 is 0.750 bits per heavy atom. The van der Waals surface area contributed by atoms with Crippen molar-refractivity contribution in [3.05, 3.63) is 0 Å². The molecule has 2 aliphatic rings. The zero-order valence-electron chi connectivity index (χ0n) is 7.84. The molecule has 0 aromatic heterocycles. The molecule has 1 nitrogen and oxygen atoms in total. The third-order valence-electron chi connectivity index (χ3n) is 3.77. The Morgan fingerprint density at radius 3 is 1.42 bits per heavy atom. The van der Waals surface area contributed by atoms with E-state index in [2.05, 4.69) is 0 Å². The fraction of sp³-hybridized carbons (Fsp3) is 1.00. The smallest absolute Gasteiger partial charge is 0.178 e. The van der Waals surface area contributed by atoms with Gasteiger partial charge in [0.15, 0.2) is 9.04 Å². The largest absolute Gasteiger partial charge is 0.434 e. The highest BCUT2D eigenvalue weighted by molar-refractivity contribution is 6.54. The first-order valence-electron chi connectivity index (χ1n) is 5.56. The number of hydrogen-bond donors (Lipinski definition) is 1. The van der Waals surface area contributed by atoms with Crippen molar-refractivity contribution in [1.29, 1.82) is 0 Å². The summed E-state index contributed by atoms with van der Waals surface area (Å²) in [4.78, 5) is 10.2. The molecular weight excluding hydrogens is 164 g/mol. The Kier molecular flexibility index (Phi) is 2.86. The van der Waals surface area contributed by atoms with Crippen LogP contribution in [0.5, 0.6) is 0 Å². The van der Waals surface area contributed by atoms with Crippen molar-refractivity contribution >= 4 is 9.04 Å². The second-order valence-electron chi connectivity index (χ2n) is 4.58. The van der Waals surface area contributed by atoms with Crippen LogP contribution in [-0.4, -0.2) is 13.8 Å². The molecule has 0 aromatic carbocycles. The summed E-state index contributed by atoms with van der Waals surface area (Å²) in [6, 6.07) is 0. The third-order valence-corrected chi connectivity index (χ3v) is 7.03. The lowest BCUT2D eigenvalue weighted by Crippen LogP contribution is -2.23. The molecule has 2 heteroatoms. The Morgan fingerprint density at radius 2 is 1.08 bits per heavy atom. The summed E-state index contributed by atoms with van der Waals surface area (Å²) in [6.45, 7) is 0. The predicted octanol–water partition coefficient (Wildman–Crippen LogP) is 2.59. The van der Waals surface area contributed by atoms with Gasteiger partial charge in [0.2, 0.25) is 0 Å². The van der Waals surface area contributed by atoms with Gasteiger partial charge in [-0.05, 0) is 11.1 Å². The quantitative estimate of drug-likeness (QED) is 0.654. The topological polar surface area (TPSA) is 20.2 Å². The molecule has 0 radical (unpaired) electrons. The van der Waals surface area contributed by atoms with Crippen LogP contribution >= 0.6 is 0 Å². The van der Waals surface area contributed by atoms with Gasteiger partial charge < -0.3 is 4.80 Å². The molecule has 0 amide bonds. The summed E-state index contributed by atoms with van der Waals surface area (Å²) in [5, 5.41) is 0.